The number of piperazine rings is 1. The van der Waals surface area contributed by atoms with Crippen molar-refractivity contribution in [2.45, 2.75) is 19.8 Å². The van der Waals surface area contributed by atoms with Gasteiger partial charge in [0.1, 0.15) is 11.6 Å². The molecule has 4 heterocycles. The predicted molar refractivity (Wildman–Crippen MR) is 119 cm³/mol. The molecule has 4 rings (SSSR count). The Kier molecular flexibility index (Phi) is 6.27. The van der Waals surface area contributed by atoms with E-state index in [0.717, 1.165) is 11.4 Å². The van der Waals surface area contributed by atoms with Gasteiger partial charge >= 0.3 is 0 Å². The lowest BCUT2D eigenvalue weighted by atomic mass is 10.1. The first kappa shape index (κ1) is 21.0. The van der Waals surface area contributed by atoms with Crippen molar-refractivity contribution in [3.63, 3.8) is 0 Å². The normalized spacial score (nSPS) is 14.0. The highest BCUT2D eigenvalue weighted by atomic mass is 35.5. The van der Waals surface area contributed by atoms with Gasteiger partial charge in [0, 0.05) is 68.0 Å². The first-order chi connectivity index (χ1) is 15.0. The summed E-state index contributed by atoms with van der Waals surface area (Å²) in [6, 6.07) is 7.19. The molecule has 1 amide bonds. The Morgan fingerprint density at radius 3 is 2.55 bits per heavy atom. The molecule has 1 saturated heterocycles. The number of amides is 1. The third kappa shape index (κ3) is 4.74. The molecule has 0 bridgehead atoms. The van der Waals surface area contributed by atoms with Crippen molar-refractivity contribution in [3.8, 4) is 11.4 Å². The SMILES string of the molecule is Cc1nc(-c2ccncc2)[nH]c(=O)c1CCC(=O)N1CCN(c2ncccc2Cl)CC1. The van der Waals surface area contributed by atoms with Crippen LogP contribution in [0.15, 0.2) is 47.7 Å². The molecule has 0 saturated carbocycles. The van der Waals surface area contributed by atoms with Gasteiger partial charge < -0.3 is 14.8 Å². The molecule has 8 nitrogen and oxygen atoms in total. The van der Waals surface area contributed by atoms with Crippen LogP contribution in [0.1, 0.15) is 17.7 Å². The van der Waals surface area contributed by atoms with Gasteiger partial charge in [0.15, 0.2) is 0 Å². The highest BCUT2D eigenvalue weighted by molar-refractivity contribution is 6.32. The van der Waals surface area contributed by atoms with E-state index in [0.29, 0.717) is 54.7 Å². The number of aromatic nitrogens is 4. The molecule has 160 valence electrons. The van der Waals surface area contributed by atoms with Crippen LogP contribution in [-0.4, -0.2) is 56.9 Å². The van der Waals surface area contributed by atoms with Crippen molar-refractivity contribution in [3.05, 3.63) is 69.5 Å². The van der Waals surface area contributed by atoms with Gasteiger partial charge in [0.25, 0.3) is 5.56 Å². The maximum atomic E-state index is 12.7. The molecule has 0 unspecified atom stereocenters. The first-order valence-corrected chi connectivity index (χ1v) is 10.5. The smallest absolute Gasteiger partial charge is 0.254 e. The van der Waals surface area contributed by atoms with E-state index in [1.807, 2.05) is 11.0 Å². The minimum atomic E-state index is -0.207. The van der Waals surface area contributed by atoms with Gasteiger partial charge in [0.05, 0.1) is 5.02 Å². The molecule has 0 radical (unpaired) electrons. The fourth-order valence-electron chi connectivity index (χ4n) is 3.72. The number of rotatable bonds is 5. The highest BCUT2D eigenvalue weighted by Crippen LogP contribution is 2.23. The molecule has 0 aromatic carbocycles. The molecule has 1 aliphatic heterocycles. The molecule has 0 spiro atoms. The minimum Gasteiger partial charge on any atom is -0.352 e. The van der Waals surface area contributed by atoms with E-state index in [4.69, 9.17) is 11.6 Å². The topological polar surface area (TPSA) is 95.1 Å². The molecule has 3 aromatic rings. The van der Waals surface area contributed by atoms with E-state index in [2.05, 4.69) is 24.8 Å². The average Bonchev–Trinajstić information content (AvgIpc) is 2.79. The van der Waals surface area contributed by atoms with Crippen LogP contribution in [0.3, 0.4) is 0 Å². The van der Waals surface area contributed by atoms with Crippen LogP contribution in [0.4, 0.5) is 5.82 Å². The number of aryl methyl sites for hydroxylation is 1. The summed E-state index contributed by atoms with van der Waals surface area (Å²) in [5, 5.41) is 0.611. The lowest BCUT2D eigenvalue weighted by Gasteiger charge is -2.35. The number of H-pyrrole nitrogens is 1. The molecule has 9 heteroatoms. The fourth-order valence-corrected chi connectivity index (χ4v) is 3.96. The summed E-state index contributed by atoms with van der Waals surface area (Å²) in [5.74, 6) is 1.28. The zero-order chi connectivity index (χ0) is 21.8. The molecule has 0 aliphatic carbocycles. The van der Waals surface area contributed by atoms with Crippen LogP contribution in [0.2, 0.25) is 5.02 Å². The van der Waals surface area contributed by atoms with Crippen molar-refractivity contribution in [1.82, 2.24) is 24.8 Å². The van der Waals surface area contributed by atoms with E-state index in [1.165, 1.54) is 0 Å². The Morgan fingerprint density at radius 2 is 1.87 bits per heavy atom. The molecule has 1 aliphatic rings. The van der Waals surface area contributed by atoms with Gasteiger partial charge in [0.2, 0.25) is 5.91 Å². The number of halogens is 1. The van der Waals surface area contributed by atoms with Crippen molar-refractivity contribution < 1.29 is 4.79 Å². The van der Waals surface area contributed by atoms with E-state index >= 15 is 0 Å². The van der Waals surface area contributed by atoms with Crippen molar-refractivity contribution >= 4 is 23.3 Å². The maximum Gasteiger partial charge on any atom is 0.254 e. The Labute approximate surface area is 184 Å². The van der Waals surface area contributed by atoms with Crippen LogP contribution in [0.5, 0.6) is 0 Å². The van der Waals surface area contributed by atoms with Gasteiger partial charge in [-0.05, 0) is 37.6 Å². The summed E-state index contributed by atoms with van der Waals surface area (Å²) < 4.78 is 0. The Morgan fingerprint density at radius 1 is 1.13 bits per heavy atom. The predicted octanol–water partition coefficient (Wildman–Crippen LogP) is 2.47. The van der Waals surface area contributed by atoms with Crippen LogP contribution in [-0.2, 0) is 11.2 Å². The highest BCUT2D eigenvalue weighted by Gasteiger charge is 2.23. The summed E-state index contributed by atoms with van der Waals surface area (Å²) in [6.45, 7) is 4.34. The van der Waals surface area contributed by atoms with Gasteiger partial charge in [-0.25, -0.2) is 9.97 Å². The second kappa shape index (κ2) is 9.26. The Hall–Kier alpha value is -3.26. The number of hydrogen-bond donors (Lipinski definition) is 1. The van der Waals surface area contributed by atoms with Crippen molar-refractivity contribution in [2.24, 2.45) is 0 Å². The van der Waals surface area contributed by atoms with Gasteiger partial charge in [-0.1, -0.05) is 11.6 Å². The number of nitrogens with one attached hydrogen (secondary N) is 1. The number of pyridine rings is 2. The standard InChI is InChI=1S/C22H23ClN6O2/c1-15-17(22(31)27-20(26-15)16-6-9-24-10-7-16)4-5-19(30)28-11-13-29(14-12-28)21-18(23)3-2-8-25-21/h2-3,6-10H,4-5,11-14H2,1H3,(H,26,27,31). The van der Waals surface area contributed by atoms with Crippen LogP contribution in [0.25, 0.3) is 11.4 Å². The monoisotopic (exact) mass is 438 g/mol. The zero-order valence-electron chi connectivity index (χ0n) is 17.2. The second-order valence-corrected chi connectivity index (χ2v) is 7.80. The summed E-state index contributed by atoms with van der Waals surface area (Å²) >= 11 is 6.23. The van der Waals surface area contributed by atoms with Crippen LogP contribution < -0.4 is 10.5 Å². The number of hydrogen-bond acceptors (Lipinski definition) is 6. The quantitative estimate of drug-likeness (QED) is 0.657. The Bertz CT molecular complexity index is 1130. The maximum absolute atomic E-state index is 12.7. The molecular weight excluding hydrogens is 416 g/mol. The van der Waals surface area contributed by atoms with E-state index in [-0.39, 0.29) is 17.9 Å². The summed E-state index contributed by atoms with van der Waals surface area (Å²) in [6.07, 6.45) is 5.64. The third-order valence-corrected chi connectivity index (χ3v) is 5.73. The zero-order valence-corrected chi connectivity index (χ0v) is 18.0. The average molecular weight is 439 g/mol. The lowest BCUT2D eigenvalue weighted by molar-refractivity contribution is -0.131. The molecular formula is C22H23ClN6O2. The summed E-state index contributed by atoms with van der Waals surface area (Å²) in [4.78, 5) is 44.9. The van der Waals surface area contributed by atoms with E-state index in [1.54, 1.807) is 43.7 Å². The fraction of sp³-hybridized carbons (Fsp3) is 0.318. The lowest BCUT2D eigenvalue weighted by Crippen LogP contribution is -2.49. The molecule has 1 fully saturated rings. The van der Waals surface area contributed by atoms with Crippen LogP contribution in [0, 0.1) is 6.92 Å². The van der Waals surface area contributed by atoms with Gasteiger partial charge in [-0.3, -0.25) is 14.6 Å². The summed E-state index contributed by atoms with van der Waals surface area (Å²) in [7, 11) is 0. The number of aromatic amines is 1. The number of carbonyl (C=O) groups excluding carboxylic acids is 1. The second-order valence-electron chi connectivity index (χ2n) is 7.39. The van der Waals surface area contributed by atoms with Gasteiger partial charge in [-0.15, -0.1) is 0 Å². The molecule has 1 N–H and O–H groups in total. The number of nitrogens with zero attached hydrogens (tertiary/aromatic N) is 5. The number of anilines is 1. The molecule has 0 atom stereocenters. The van der Waals surface area contributed by atoms with E-state index < -0.39 is 0 Å². The third-order valence-electron chi connectivity index (χ3n) is 5.44. The Balaban J connectivity index is 1.36. The molecule has 3 aromatic heterocycles. The van der Waals surface area contributed by atoms with E-state index in [9.17, 15) is 9.59 Å². The summed E-state index contributed by atoms with van der Waals surface area (Å²) in [5.41, 5.74) is 1.77. The van der Waals surface area contributed by atoms with Crippen molar-refractivity contribution in [1.29, 1.82) is 0 Å². The van der Waals surface area contributed by atoms with Gasteiger partial charge in [-0.2, -0.15) is 0 Å². The van der Waals surface area contributed by atoms with Crippen LogP contribution >= 0.6 is 11.6 Å². The largest absolute Gasteiger partial charge is 0.352 e. The first-order valence-electron chi connectivity index (χ1n) is 10.2. The van der Waals surface area contributed by atoms with Crippen molar-refractivity contribution in [2.75, 3.05) is 31.1 Å². The minimum absolute atomic E-state index is 0.0313. The molecule has 31 heavy (non-hydrogen) atoms. The number of carbonyl (C=O) groups is 1.